The number of halogens is 10. The number of ether oxygens (including phenoxy) is 1. The summed E-state index contributed by atoms with van der Waals surface area (Å²) in [5, 5.41) is -0.422. The molecular formula is C14H4Cl10O. The van der Waals surface area contributed by atoms with Gasteiger partial charge >= 0.3 is 0 Å². The summed E-state index contributed by atoms with van der Waals surface area (Å²) in [7, 11) is 0. The second-order valence-corrected chi connectivity index (χ2v) is 9.37. The smallest absolute Gasteiger partial charge is 0.250 e. The van der Waals surface area contributed by atoms with Crippen molar-refractivity contribution < 1.29 is 4.74 Å². The van der Waals surface area contributed by atoms with Gasteiger partial charge in [-0.3, -0.25) is 0 Å². The molecule has 1 nitrogen and oxygen atoms in total. The Kier molecular flexibility index (Phi) is 7.54. The standard InChI is InChI=1S/C14H4Cl10O/c15-6-4-2-1-3-5(6)13(21,22)25-14(23,24)7-8(16)10(18)12(20)11(19)9(7)17/h1-4H. The van der Waals surface area contributed by atoms with Crippen molar-refractivity contribution in [2.75, 3.05) is 0 Å². The molecule has 0 aliphatic carbocycles. The molecule has 0 saturated heterocycles. The molecular weight excluding hydrogens is 539 g/mol. The Morgan fingerprint density at radius 3 is 1.52 bits per heavy atom. The van der Waals surface area contributed by atoms with Gasteiger partial charge in [0.05, 0.1) is 30.7 Å². The fourth-order valence-electron chi connectivity index (χ4n) is 1.82. The van der Waals surface area contributed by atoms with Gasteiger partial charge in [0.2, 0.25) is 9.04 Å². The normalized spacial score (nSPS) is 12.6. The lowest BCUT2D eigenvalue weighted by molar-refractivity contribution is 0.0239. The van der Waals surface area contributed by atoms with E-state index in [0.717, 1.165) is 0 Å². The molecule has 0 saturated carbocycles. The summed E-state index contributed by atoms with van der Waals surface area (Å²) in [6.45, 7) is 0. The van der Waals surface area contributed by atoms with Gasteiger partial charge in [0.15, 0.2) is 0 Å². The average Bonchev–Trinajstić information content (AvgIpc) is 2.50. The van der Waals surface area contributed by atoms with Crippen LogP contribution in [0.2, 0.25) is 30.1 Å². The maximum Gasteiger partial charge on any atom is 0.250 e. The van der Waals surface area contributed by atoms with Crippen LogP contribution in [-0.2, 0) is 13.8 Å². The van der Waals surface area contributed by atoms with Crippen LogP contribution in [0.4, 0.5) is 0 Å². The molecule has 0 aliphatic rings. The van der Waals surface area contributed by atoms with E-state index in [1.807, 2.05) is 0 Å². The number of alkyl halides is 4. The van der Waals surface area contributed by atoms with Crippen LogP contribution in [0.3, 0.4) is 0 Å². The van der Waals surface area contributed by atoms with Gasteiger partial charge in [-0.15, -0.1) is 0 Å². The molecule has 25 heavy (non-hydrogen) atoms. The van der Waals surface area contributed by atoms with Gasteiger partial charge in [-0.05, 0) is 6.07 Å². The van der Waals surface area contributed by atoms with Gasteiger partial charge in [0.1, 0.15) is 0 Å². The Bertz CT molecular complexity index is 788. The van der Waals surface area contributed by atoms with Crippen molar-refractivity contribution in [1.29, 1.82) is 0 Å². The molecule has 0 aliphatic heterocycles. The lowest BCUT2D eigenvalue weighted by atomic mass is 10.2. The van der Waals surface area contributed by atoms with E-state index in [4.69, 9.17) is 121 Å². The van der Waals surface area contributed by atoms with Crippen molar-refractivity contribution in [3.63, 3.8) is 0 Å². The first kappa shape index (κ1) is 22.6. The number of benzene rings is 2. The predicted molar refractivity (Wildman–Crippen MR) is 111 cm³/mol. The molecule has 0 spiro atoms. The van der Waals surface area contributed by atoms with Crippen molar-refractivity contribution >= 4 is 116 Å². The summed E-state index contributed by atoms with van der Waals surface area (Å²) in [6.07, 6.45) is 0. The Labute approximate surface area is 193 Å². The molecule has 0 radical (unpaired) electrons. The largest absolute Gasteiger partial charge is 0.302 e. The number of rotatable bonds is 4. The SMILES string of the molecule is Clc1ccccc1C(Cl)(Cl)OC(Cl)(Cl)c1c(Cl)c(Cl)c(Cl)c(Cl)c1Cl. The van der Waals surface area contributed by atoms with Gasteiger partial charge in [-0.25, -0.2) is 0 Å². The molecule has 0 amide bonds. The topological polar surface area (TPSA) is 9.23 Å². The summed E-state index contributed by atoms with van der Waals surface area (Å²) < 4.78 is 1.15. The van der Waals surface area contributed by atoms with E-state index in [2.05, 4.69) is 0 Å². The zero-order valence-corrected chi connectivity index (χ0v) is 19.1. The zero-order valence-electron chi connectivity index (χ0n) is 11.5. The van der Waals surface area contributed by atoms with Gasteiger partial charge in [0.25, 0.3) is 0 Å². The first-order chi connectivity index (χ1) is 11.4. The Hall–Kier alpha value is 1.30. The lowest BCUT2D eigenvalue weighted by Gasteiger charge is -2.31. The third kappa shape index (κ3) is 4.66. The third-order valence-electron chi connectivity index (χ3n) is 2.94. The summed E-state index contributed by atoms with van der Waals surface area (Å²) in [4.78, 5) is 0. The monoisotopic (exact) mass is 538 g/mol. The minimum absolute atomic E-state index is 0.0691. The van der Waals surface area contributed by atoms with Crippen molar-refractivity contribution in [2.24, 2.45) is 0 Å². The molecule has 0 atom stereocenters. The highest BCUT2D eigenvalue weighted by Gasteiger charge is 2.44. The van der Waals surface area contributed by atoms with Gasteiger partial charge in [0, 0.05) is 10.6 Å². The molecule has 0 unspecified atom stereocenters. The summed E-state index contributed by atoms with van der Waals surface area (Å²) in [5.41, 5.74) is 0.0281. The summed E-state index contributed by atoms with van der Waals surface area (Å²) in [6, 6.07) is 6.40. The summed E-state index contributed by atoms with van der Waals surface area (Å²) >= 11 is 61.3. The van der Waals surface area contributed by atoms with E-state index >= 15 is 0 Å². The quantitative estimate of drug-likeness (QED) is 0.212. The molecule has 0 bridgehead atoms. The zero-order chi connectivity index (χ0) is 19.2. The highest BCUT2D eigenvalue weighted by atomic mass is 35.5. The molecule has 0 fully saturated rings. The van der Waals surface area contributed by atoms with Crippen LogP contribution in [0.25, 0.3) is 0 Å². The van der Waals surface area contributed by atoms with Crippen LogP contribution in [0.1, 0.15) is 11.1 Å². The molecule has 2 rings (SSSR count). The molecule has 2 aromatic rings. The van der Waals surface area contributed by atoms with E-state index < -0.39 is 9.04 Å². The van der Waals surface area contributed by atoms with Crippen molar-refractivity contribution in [3.05, 3.63) is 65.5 Å². The maximum absolute atomic E-state index is 6.26. The average molecular weight is 543 g/mol. The highest BCUT2D eigenvalue weighted by molar-refractivity contribution is 6.57. The fourth-order valence-corrected chi connectivity index (χ4v) is 5.12. The minimum Gasteiger partial charge on any atom is -0.302 e. The van der Waals surface area contributed by atoms with E-state index in [0.29, 0.717) is 0 Å². The molecule has 0 N–H and O–H groups in total. The van der Waals surface area contributed by atoms with E-state index in [9.17, 15) is 0 Å². The first-order valence-corrected chi connectivity index (χ1v) is 9.91. The van der Waals surface area contributed by atoms with Crippen LogP contribution < -0.4 is 0 Å². The molecule has 11 heteroatoms. The van der Waals surface area contributed by atoms with E-state index in [1.165, 1.54) is 6.07 Å². The van der Waals surface area contributed by atoms with Crippen LogP contribution in [-0.4, -0.2) is 0 Å². The van der Waals surface area contributed by atoms with Gasteiger partial charge < -0.3 is 4.74 Å². The van der Waals surface area contributed by atoms with Gasteiger partial charge in [-0.2, -0.15) is 0 Å². The second-order valence-electron chi connectivity index (χ2n) is 4.56. The molecule has 136 valence electrons. The van der Waals surface area contributed by atoms with Gasteiger partial charge in [-0.1, -0.05) is 134 Å². The van der Waals surface area contributed by atoms with Crippen molar-refractivity contribution in [2.45, 2.75) is 9.04 Å². The van der Waals surface area contributed by atoms with Crippen molar-refractivity contribution in [3.8, 4) is 0 Å². The van der Waals surface area contributed by atoms with E-state index in [1.54, 1.807) is 18.2 Å². The van der Waals surface area contributed by atoms with Crippen molar-refractivity contribution in [1.82, 2.24) is 0 Å². The Balaban J connectivity index is 2.55. The Morgan fingerprint density at radius 2 is 1.04 bits per heavy atom. The van der Waals surface area contributed by atoms with E-state index in [-0.39, 0.29) is 41.3 Å². The van der Waals surface area contributed by atoms with Crippen LogP contribution in [0.5, 0.6) is 0 Å². The molecule has 0 heterocycles. The third-order valence-corrected chi connectivity index (χ3v) is 6.64. The highest BCUT2D eigenvalue weighted by Crippen LogP contribution is 2.55. The van der Waals surface area contributed by atoms with Crippen LogP contribution >= 0.6 is 116 Å². The van der Waals surface area contributed by atoms with Crippen LogP contribution in [0, 0.1) is 0 Å². The molecule has 2 aromatic carbocycles. The van der Waals surface area contributed by atoms with Crippen LogP contribution in [0.15, 0.2) is 24.3 Å². The minimum atomic E-state index is -2.24. The summed E-state index contributed by atoms with van der Waals surface area (Å²) in [5.74, 6) is 0. The number of hydrogen-bond acceptors (Lipinski definition) is 1. The maximum atomic E-state index is 6.26. The fraction of sp³-hybridized carbons (Fsp3) is 0.143. The lowest BCUT2D eigenvalue weighted by Crippen LogP contribution is -2.27. The number of hydrogen-bond donors (Lipinski definition) is 0. The Morgan fingerprint density at radius 1 is 0.600 bits per heavy atom. The molecule has 0 aromatic heterocycles. The predicted octanol–water partition coefficient (Wildman–Crippen LogP) is 9.50. The second kappa shape index (κ2) is 8.35. The first-order valence-electron chi connectivity index (χ1n) is 6.13.